The lowest BCUT2D eigenvalue weighted by atomic mass is 10.0. The molecule has 1 N–H and O–H groups in total. The second-order valence-electron chi connectivity index (χ2n) is 6.38. The van der Waals surface area contributed by atoms with Crippen molar-refractivity contribution in [3.05, 3.63) is 59.7 Å². The molecule has 0 radical (unpaired) electrons. The van der Waals surface area contributed by atoms with Crippen molar-refractivity contribution in [1.29, 1.82) is 0 Å². The molecule has 0 bridgehead atoms. The van der Waals surface area contributed by atoms with E-state index in [1.165, 1.54) is 7.11 Å². The molecule has 0 spiro atoms. The summed E-state index contributed by atoms with van der Waals surface area (Å²) in [5.41, 5.74) is 1.87. The first-order valence-electron chi connectivity index (χ1n) is 9.31. The first-order chi connectivity index (χ1) is 13.1. The fraction of sp³-hybridized carbons (Fsp3) is 0.409. The molecule has 0 aliphatic rings. The van der Waals surface area contributed by atoms with Gasteiger partial charge in [-0.2, -0.15) is 0 Å². The summed E-state index contributed by atoms with van der Waals surface area (Å²) in [5, 5.41) is 10.3. The predicted octanol–water partition coefficient (Wildman–Crippen LogP) is 4.43. The molecular weight excluding hydrogens is 344 g/mol. The number of rotatable bonds is 11. The van der Waals surface area contributed by atoms with Crippen LogP contribution in [0.3, 0.4) is 0 Å². The van der Waals surface area contributed by atoms with E-state index in [0.717, 1.165) is 42.6 Å². The fourth-order valence-corrected chi connectivity index (χ4v) is 2.62. The third kappa shape index (κ3) is 7.31. The van der Waals surface area contributed by atoms with Gasteiger partial charge in [-0.25, -0.2) is 4.79 Å². The molecule has 0 aliphatic heterocycles. The normalized spacial score (nSPS) is 11.7. The predicted molar refractivity (Wildman–Crippen MR) is 104 cm³/mol. The number of hydrogen-bond donors (Lipinski definition) is 1. The number of aliphatic hydroxyl groups is 1. The van der Waals surface area contributed by atoms with Gasteiger partial charge in [0.25, 0.3) is 0 Å². The van der Waals surface area contributed by atoms with Crippen molar-refractivity contribution >= 4 is 5.97 Å². The highest BCUT2D eigenvalue weighted by Crippen LogP contribution is 2.24. The Bertz CT molecular complexity index is 696. The fourth-order valence-electron chi connectivity index (χ4n) is 2.62. The largest absolute Gasteiger partial charge is 0.489 e. The van der Waals surface area contributed by atoms with Crippen molar-refractivity contribution in [2.45, 2.75) is 45.3 Å². The van der Waals surface area contributed by atoms with E-state index in [9.17, 15) is 9.90 Å². The lowest BCUT2D eigenvalue weighted by Gasteiger charge is -2.13. The minimum Gasteiger partial charge on any atom is -0.489 e. The van der Waals surface area contributed by atoms with Gasteiger partial charge in [0, 0.05) is 0 Å². The SMILES string of the molecule is CCCCCC(O)c1cccc(OCc2ccc(OCC(=O)OC)cc2)c1. The van der Waals surface area contributed by atoms with Crippen molar-refractivity contribution < 1.29 is 24.1 Å². The Hall–Kier alpha value is -2.53. The Labute approximate surface area is 160 Å². The number of ether oxygens (including phenoxy) is 3. The molecule has 146 valence electrons. The van der Waals surface area contributed by atoms with Crippen molar-refractivity contribution in [1.82, 2.24) is 0 Å². The third-order valence-electron chi connectivity index (χ3n) is 4.24. The average molecular weight is 372 g/mol. The number of esters is 1. The monoisotopic (exact) mass is 372 g/mol. The van der Waals surface area contributed by atoms with E-state index in [1.807, 2.05) is 36.4 Å². The molecule has 1 atom stereocenters. The number of carbonyl (C=O) groups is 1. The topological polar surface area (TPSA) is 65.0 Å². The highest BCUT2D eigenvalue weighted by Gasteiger charge is 2.08. The Morgan fingerprint density at radius 1 is 1.04 bits per heavy atom. The molecule has 5 nitrogen and oxygen atoms in total. The molecule has 0 amide bonds. The molecule has 0 heterocycles. The van der Waals surface area contributed by atoms with Crippen LogP contribution in [0.5, 0.6) is 11.5 Å². The second-order valence-corrected chi connectivity index (χ2v) is 6.38. The van der Waals surface area contributed by atoms with Crippen LogP contribution in [0.15, 0.2) is 48.5 Å². The first kappa shape index (κ1) is 20.8. The molecule has 2 aromatic rings. The summed E-state index contributed by atoms with van der Waals surface area (Å²) in [4.78, 5) is 11.1. The highest BCUT2D eigenvalue weighted by molar-refractivity contribution is 5.70. The van der Waals surface area contributed by atoms with Crippen LogP contribution >= 0.6 is 0 Å². The minimum absolute atomic E-state index is 0.111. The van der Waals surface area contributed by atoms with Gasteiger partial charge < -0.3 is 19.3 Å². The molecule has 27 heavy (non-hydrogen) atoms. The summed E-state index contributed by atoms with van der Waals surface area (Å²) in [5.74, 6) is 0.911. The number of methoxy groups -OCH3 is 1. The summed E-state index contributed by atoms with van der Waals surface area (Å²) in [6, 6.07) is 15.0. The van der Waals surface area contributed by atoms with E-state index in [4.69, 9.17) is 9.47 Å². The van der Waals surface area contributed by atoms with Crippen molar-refractivity contribution in [3.8, 4) is 11.5 Å². The second kappa shape index (κ2) is 11.2. The Kier molecular flexibility index (Phi) is 8.65. The van der Waals surface area contributed by atoms with E-state index in [1.54, 1.807) is 12.1 Å². The van der Waals surface area contributed by atoms with Crippen LogP contribution in [0.25, 0.3) is 0 Å². The van der Waals surface area contributed by atoms with Gasteiger partial charge >= 0.3 is 5.97 Å². The van der Waals surface area contributed by atoms with E-state index >= 15 is 0 Å². The summed E-state index contributed by atoms with van der Waals surface area (Å²) >= 11 is 0. The van der Waals surface area contributed by atoms with Crippen LogP contribution in [0.1, 0.15) is 49.8 Å². The summed E-state index contributed by atoms with van der Waals surface area (Å²) in [6.45, 7) is 2.45. The lowest BCUT2D eigenvalue weighted by Crippen LogP contribution is -2.12. The van der Waals surface area contributed by atoms with Crippen molar-refractivity contribution in [2.24, 2.45) is 0 Å². The maximum absolute atomic E-state index is 11.1. The van der Waals surface area contributed by atoms with E-state index in [-0.39, 0.29) is 6.61 Å². The quantitative estimate of drug-likeness (QED) is 0.467. The summed E-state index contributed by atoms with van der Waals surface area (Å²) < 4.78 is 15.7. The van der Waals surface area contributed by atoms with Crippen LogP contribution in [-0.2, 0) is 16.1 Å². The first-order valence-corrected chi connectivity index (χ1v) is 9.31. The van der Waals surface area contributed by atoms with Crippen LogP contribution in [0, 0.1) is 0 Å². The molecule has 0 saturated carbocycles. The number of carbonyl (C=O) groups excluding carboxylic acids is 1. The van der Waals surface area contributed by atoms with Crippen molar-refractivity contribution in [3.63, 3.8) is 0 Å². The number of aliphatic hydroxyl groups excluding tert-OH is 1. The minimum atomic E-state index is -0.452. The van der Waals surface area contributed by atoms with E-state index in [2.05, 4.69) is 11.7 Å². The number of hydrogen-bond acceptors (Lipinski definition) is 5. The lowest BCUT2D eigenvalue weighted by molar-refractivity contribution is -0.142. The molecule has 0 aliphatic carbocycles. The summed E-state index contributed by atoms with van der Waals surface area (Å²) in [6.07, 6.45) is 3.61. The molecular formula is C22H28O5. The molecule has 2 rings (SSSR count). The zero-order chi connectivity index (χ0) is 19.5. The molecule has 2 aromatic carbocycles. The van der Waals surface area contributed by atoms with E-state index in [0.29, 0.717) is 12.4 Å². The van der Waals surface area contributed by atoms with Crippen LogP contribution in [0.4, 0.5) is 0 Å². The number of benzene rings is 2. The van der Waals surface area contributed by atoms with Gasteiger partial charge in [0.2, 0.25) is 0 Å². The Morgan fingerprint density at radius 3 is 2.52 bits per heavy atom. The smallest absolute Gasteiger partial charge is 0.343 e. The van der Waals surface area contributed by atoms with E-state index < -0.39 is 12.1 Å². The number of unbranched alkanes of at least 4 members (excludes halogenated alkanes) is 2. The van der Waals surface area contributed by atoms with Gasteiger partial charge in [0.1, 0.15) is 18.1 Å². The third-order valence-corrected chi connectivity index (χ3v) is 4.24. The maximum Gasteiger partial charge on any atom is 0.343 e. The van der Waals surface area contributed by atoms with Crippen LogP contribution in [0.2, 0.25) is 0 Å². The highest BCUT2D eigenvalue weighted by atomic mass is 16.6. The maximum atomic E-state index is 11.1. The van der Waals surface area contributed by atoms with Crippen LogP contribution in [-0.4, -0.2) is 24.8 Å². The van der Waals surface area contributed by atoms with Gasteiger partial charge in [-0.3, -0.25) is 0 Å². The van der Waals surface area contributed by atoms with Crippen molar-refractivity contribution in [2.75, 3.05) is 13.7 Å². The molecule has 5 heteroatoms. The molecule has 0 aromatic heterocycles. The van der Waals surface area contributed by atoms with Gasteiger partial charge in [0.15, 0.2) is 6.61 Å². The van der Waals surface area contributed by atoms with Gasteiger partial charge in [-0.1, -0.05) is 50.5 Å². The summed E-state index contributed by atoms with van der Waals surface area (Å²) in [7, 11) is 1.32. The Balaban J connectivity index is 1.85. The molecule has 0 fully saturated rings. The Morgan fingerprint density at radius 2 is 1.81 bits per heavy atom. The standard InChI is InChI=1S/C22H28O5/c1-3-4-5-9-21(23)18-7-6-8-20(14-18)26-15-17-10-12-19(13-11-17)27-16-22(24)25-2/h6-8,10-14,21,23H,3-5,9,15-16H2,1-2H3. The van der Waals surface area contributed by atoms with Gasteiger partial charge in [0.05, 0.1) is 13.2 Å². The van der Waals surface area contributed by atoms with Crippen LogP contribution < -0.4 is 9.47 Å². The zero-order valence-corrected chi connectivity index (χ0v) is 16.0. The zero-order valence-electron chi connectivity index (χ0n) is 16.0. The molecule has 0 saturated heterocycles. The molecule has 1 unspecified atom stereocenters. The van der Waals surface area contributed by atoms with Gasteiger partial charge in [-0.15, -0.1) is 0 Å². The van der Waals surface area contributed by atoms with Gasteiger partial charge in [-0.05, 0) is 41.8 Å². The average Bonchev–Trinajstić information content (AvgIpc) is 2.71.